The maximum atomic E-state index is 9.37. The van der Waals surface area contributed by atoms with Gasteiger partial charge in [0.25, 0.3) is 0 Å². The molecule has 0 radical (unpaired) electrons. The van der Waals surface area contributed by atoms with Crippen LogP contribution in [-0.2, 0) is 14.4 Å². The van der Waals surface area contributed by atoms with Crippen molar-refractivity contribution < 1.29 is 29.7 Å². The SMILES string of the molecule is C.C.C.C=CC(=O)O.CCC(=O)O.CCC(=O)O. The van der Waals surface area contributed by atoms with Crippen LogP contribution in [0.15, 0.2) is 12.7 Å². The number of hydrogen-bond acceptors (Lipinski definition) is 3. The number of aliphatic carboxylic acids is 3. The third-order valence-corrected chi connectivity index (χ3v) is 0.780. The van der Waals surface area contributed by atoms with Crippen LogP contribution in [-0.4, -0.2) is 33.2 Å². The maximum Gasteiger partial charge on any atom is 0.327 e. The van der Waals surface area contributed by atoms with Gasteiger partial charge in [-0.1, -0.05) is 42.7 Å². The predicted octanol–water partition coefficient (Wildman–Crippen LogP) is 3.13. The molecule has 0 spiro atoms. The molecular weight excluding hydrogens is 240 g/mol. The fraction of sp³-hybridized carbons (Fsp3) is 0.583. The van der Waals surface area contributed by atoms with Crippen LogP contribution in [0.1, 0.15) is 49.0 Å². The average molecular weight is 268 g/mol. The summed E-state index contributed by atoms with van der Waals surface area (Å²) in [6.07, 6.45) is 1.28. The molecule has 0 aromatic carbocycles. The molecule has 0 aliphatic heterocycles. The first-order valence-corrected chi connectivity index (χ1v) is 4.10. The molecule has 0 fully saturated rings. The highest BCUT2D eigenvalue weighted by Gasteiger charge is 1.81. The Hall–Kier alpha value is -1.85. The van der Waals surface area contributed by atoms with E-state index in [-0.39, 0.29) is 35.1 Å². The van der Waals surface area contributed by atoms with Gasteiger partial charge in [-0.25, -0.2) is 4.79 Å². The van der Waals surface area contributed by atoms with Gasteiger partial charge in [0, 0.05) is 18.9 Å². The lowest BCUT2D eigenvalue weighted by Crippen LogP contribution is -1.86. The van der Waals surface area contributed by atoms with Crippen LogP contribution in [0.2, 0.25) is 0 Å². The Morgan fingerprint density at radius 2 is 1.00 bits per heavy atom. The standard InChI is InChI=1S/2C3H6O2.C3H4O2.3CH4/c3*1-2-3(4)5;;;/h2*2H2,1H3,(H,4,5);2H,1H2,(H,4,5);3*1H4. The van der Waals surface area contributed by atoms with E-state index in [0.717, 1.165) is 6.08 Å². The Bertz CT molecular complexity index is 197. The second kappa shape index (κ2) is 29.4. The molecule has 0 aromatic rings. The summed E-state index contributed by atoms with van der Waals surface area (Å²) in [5.74, 6) is -2.47. The fourth-order valence-electron chi connectivity index (χ4n) is 0. The molecule has 0 amide bonds. The van der Waals surface area contributed by atoms with E-state index in [1.165, 1.54) is 0 Å². The van der Waals surface area contributed by atoms with Gasteiger partial charge in [0.2, 0.25) is 0 Å². The van der Waals surface area contributed by atoms with Crippen LogP contribution in [0.3, 0.4) is 0 Å². The summed E-state index contributed by atoms with van der Waals surface area (Å²) >= 11 is 0. The zero-order chi connectivity index (χ0) is 12.9. The number of hydrogen-bond donors (Lipinski definition) is 3. The second-order valence-corrected chi connectivity index (χ2v) is 2.04. The molecule has 0 aliphatic rings. The maximum absolute atomic E-state index is 9.37. The summed E-state index contributed by atoms with van der Waals surface area (Å²) < 4.78 is 0. The lowest BCUT2D eigenvalue weighted by molar-refractivity contribution is -0.137. The van der Waals surface area contributed by atoms with Crippen molar-refractivity contribution in [3.63, 3.8) is 0 Å². The van der Waals surface area contributed by atoms with Crippen molar-refractivity contribution in [3.8, 4) is 0 Å². The zero-order valence-corrected chi connectivity index (χ0v) is 8.77. The highest BCUT2D eigenvalue weighted by Crippen LogP contribution is 1.67. The number of carboxylic acids is 3. The van der Waals surface area contributed by atoms with E-state index in [1.54, 1.807) is 13.8 Å². The average Bonchev–Trinajstić information content (AvgIpc) is 2.19. The Balaban J connectivity index is -0.0000000277. The lowest BCUT2D eigenvalue weighted by atomic mass is 10.5. The van der Waals surface area contributed by atoms with Gasteiger partial charge >= 0.3 is 17.9 Å². The van der Waals surface area contributed by atoms with Crippen molar-refractivity contribution in [3.05, 3.63) is 12.7 Å². The number of carbonyl (C=O) groups is 3. The highest BCUT2D eigenvalue weighted by molar-refractivity contribution is 5.78. The molecule has 0 aliphatic carbocycles. The van der Waals surface area contributed by atoms with Crippen molar-refractivity contribution in [1.82, 2.24) is 0 Å². The highest BCUT2D eigenvalue weighted by atomic mass is 16.4. The van der Waals surface area contributed by atoms with Crippen LogP contribution in [0.5, 0.6) is 0 Å². The smallest absolute Gasteiger partial charge is 0.327 e. The van der Waals surface area contributed by atoms with E-state index < -0.39 is 17.9 Å². The summed E-state index contributed by atoms with van der Waals surface area (Å²) in [6.45, 7) is 6.16. The van der Waals surface area contributed by atoms with Crippen LogP contribution in [0.4, 0.5) is 0 Å². The van der Waals surface area contributed by atoms with Crippen LogP contribution < -0.4 is 0 Å². The molecule has 18 heavy (non-hydrogen) atoms. The molecule has 0 bridgehead atoms. The van der Waals surface area contributed by atoms with E-state index in [2.05, 4.69) is 6.58 Å². The van der Waals surface area contributed by atoms with Crippen molar-refractivity contribution in [2.75, 3.05) is 0 Å². The second-order valence-electron chi connectivity index (χ2n) is 2.04. The van der Waals surface area contributed by atoms with Crippen molar-refractivity contribution in [2.24, 2.45) is 0 Å². The number of carboxylic acid groups (broad SMARTS) is 3. The first kappa shape index (κ1) is 36.0. The number of rotatable bonds is 3. The van der Waals surface area contributed by atoms with E-state index in [4.69, 9.17) is 15.3 Å². The summed E-state index contributed by atoms with van der Waals surface area (Å²) in [6, 6.07) is 0. The first-order valence-electron chi connectivity index (χ1n) is 4.10. The van der Waals surface area contributed by atoms with Crippen LogP contribution >= 0.6 is 0 Å². The van der Waals surface area contributed by atoms with E-state index in [1.807, 2.05) is 0 Å². The molecule has 0 heterocycles. The molecule has 3 N–H and O–H groups in total. The predicted molar refractivity (Wildman–Crippen MR) is 73.9 cm³/mol. The van der Waals surface area contributed by atoms with Crippen LogP contribution in [0.25, 0.3) is 0 Å². The minimum atomic E-state index is -0.981. The van der Waals surface area contributed by atoms with Gasteiger partial charge in [0.05, 0.1) is 0 Å². The monoisotopic (exact) mass is 268 g/mol. The van der Waals surface area contributed by atoms with Gasteiger partial charge in [0.15, 0.2) is 0 Å². The summed E-state index contributed by atoms with van der Waals surface area (Å²) in [5.41, 5.74) is 0. The summed E-state index contributed by atoms with van der Waals surface area (Å²) in [7, 11) is 0. The van der Waals surface area contributed by atoms with E-state index >= 15 is 0 Å². The van der Waals surface area contributed by atoms with Gasteiger partial charge < -0.3 is 15.3 Å². The lowest BCUT2D eigenvalue weighted by Gasteiger charge is -1.71. The fourth-order valence-corrected chi connectivity index (χ4v) is 0. The Labute approximate surface area is 110 Å². The first-order chi connectivity index (χ1) is 6.81. The third kappa shape index (κ3) is 142. The molecule has 6 heteroatoms. The van der Waals surface area contributed by atoms with Crippen molar-refractivity contribution in [1.29, 1.82) is 0 Å². The van der Waals surface area contributed by atoms with Crippen LogP contribution in [0, 0.1) is 0 Å². The van der Waals surface area contributed by atoms with Gasteiger partial charge in [-0.2, -0.15) is 0 Å². The Morgan fingerprint density at radius 3 is 1.00 bits per heavy atom. The van der Waals surface area contributed by atoms with Gasteiger partial charge in [-0.05, 0) is 0 Å². The minimum absolute atomic E-state index is 0. The quantitative estimate of drug-likeness (QED) is 0.678. The zero-order valence-electron chi connectivity index (χ0n) is 8.77. The van der Waals surface area contributed by atoms with Gasteiger partial charge in [0.1, 0.15) is 0 Å². The largest absolute Gasteiger partial charge is 0.481 e. The van der Waals surface area contributed by atoms with Crippen molar-refractivity contribution in [2.45, 2.75) is 49.0 Å². The summed E-state index contributed by atoms with van der Waals surface area (Å²) in [5, 5.41) is 23.0. The third-order valence-electron chi connectivity index (χ3n) is 0.780. The molecule has 0 atom stereocenters. The Kier molecular flexibility index (Phi) is 58.9. The molecular formula is C12H28O6. The van der Waals surface area contributed by atoms with Crippen molar-refractivity contribution >= 4 is 17.9 Å². The molecule has 0 rings (SSSR count). The molecule has 0 saturated carbocycles. The Morgan fingerprint density at radius 1 is 0.889 bits per heavy atom. The van der Waals surface area contributed by atoms with E-state index in [9.17, 15) is 14.4 Å². The normalized spacial score (nSPS) is 5.89. The molecule has 0 aromatic heterocycles. The molecule has 112 valence electrons. The topological polar surface area (TPSA) is 112 Å². The minimum Gasteiger partial charge on any atom is -0.481 e. The molecule has 0 unspecified atom stereocenters. The summed E-state index contributed by atoms with van der Waals surface area (Å²) in [4.78, 5) is 28.0. The molecule has 0 saturated heterocycles. The van der Waals surface area contributed by atoms with Gasteiger partial charge in [-0.3, -0.25) is 9.59 Å². The van der Waals surface area contributed by atoms with Gasteiger partial charge in [-0.15, -0.1) is 0 Å². The van der Waals surface area contributed by atoms with E-state index in [0.29, 0.717) is 0 Å². The molecule has 6 nitrogen and oxygen atoms in total.